The molecule has 1 N–H and O–H groups in total. The summed E-state index contributed by atoms with van der Waals surface area (Å²) in [5.74, 6) is -1.24. The Morgan fingerprint density at radius 2 is 1.90 bits per heavy atom. The molecule has 3 rings (SSSR count). The van der Waals surface area contributed by atoms with Crippen LogP contribution in [0, 0.1) is 5.92 Å². The summed E-state index contributed by atoms with van der Waals surface area (Å²) in [5.41, 5.74) is 1.60. The average Bonchev–Trinajstić information content (AvgIpc) is 3.10. The third-order valence-electron chi connectivity index (χ3n) is 4.76. The molecule has 0 aliphatic carbocycles. The number of nitrogens with one attached hydrogen (secondary N) is 1. The van der Waals surface area contributed by atoms with Gasteiger partial charge >= 0.3 is 5.97 Å². The van der Waals surface area contributed by atoms with Gasteiger partial charge in [-0.05, 0) is 42.8 Å². The number of carbonyl (C=O) groups excluding carboxylic acids is 3. The summed E-state index contributed by atoms with van der Waals surface area (Å²) in [6.45, 7) is 2.69. The number of amides is 2. The fraction of sp³-hybridized carbons (Fsp3) is 0.318. The highest BCUT2D eigenvalue weighted by molar-refractivity contribution is 6.33. The molecule has 29 heavy (non-hydrogen) atoms. The van der Waals surface area contributed by atoms with Crippen molar-refractivity contribution in [3.8, 4) is 0 Å². The van der Waals surface area contributed by atoms with Gasteiger partial charge in [0, 0.05) is 18.7 Å². The molecule has 0 saturated carbocycles. The van der Waals surface area contributed by atoms with Crippen LogP contribution < -0.4 is 10.2 Å². The van der Waals surface area contributed by atoms with Crippen LogP contribution in [0.2, 0.25) is 5.02 Å². The molecule has 0 unspecified atom stereocenters. The van der Waals surface area contributed by atoms with Crippen LogP contribution in [0.15, 0.2) is 48.5 Å². The number of para-hydroxylation sites is 1. The number of hydrogen-bond donors (Lipinski definition) is 1. The summed E-state index contributed by atoms with van der Waals surface area (Å²) in [4.78, 5) is 38.4. The second-order valence-corrected chi connectivity index (χ2v) is 7.32. The summed E-state index contributed by atoms with van der Waals surface area (Å²) < 4.78 is 5.17. The van der Waals surface area contributed by atoms with Gasteiger partial charge in [-0.25, -0.2) is 4.79 Å². The van der Waals surface area contributed by atoms with Gasteiger partial charge in [0.05, 0.1) is 28.8 Å². The number of esters is 1. The first-order valence-corrected chi connectivity index (χ1v) is 10.0. The maximum atomic E-state index is 12.6. The van der Waals surface area contributed by atoms with Crippen LogP contribution in [0.3, 0.4) is 0 Å². The van der Waals surface area contributed by atoms with Crippen LogP contribution in [0.25, 0.3) is 0 Å². The van der Waals surface area contributed by atoms with Gasteiger partial charge in [0.1, 0.15) is 0 Å². The summed E-state index contributed by atoms with van der Waals surface area (Å²) in [7, 11) is 0. The number of hydrogen-bond acceptors (Lipinski definition) is 4. The Hall–Kier alpha value is -2.86. The van der Waals surface area contributed by atoms with Crippen molar-refractivity contribution in [2.75, 3.05) is 23.4 Å². The first kappa shape index (κ1) is 20.9. The van der Waals surface area contributed by atoms with E-state index in [0.29, 0.717) is 28.6 Å². The normalized spacial score (nSPS) is 16.0. The van der Waals surface area contributed by atoms with Gasteiger partial charge in [0.25, 0.3) is 0 Å². The number of unbranched alkanes of at least 4 members (excludes halogenated alkanes) is 1. The molecule has 1 aliphatic rings. The summed E-state index contributed by atoms with van der Waals surface area (Å²) >= 11 is 6.17. The lowest BCUT2D eigenvalue weighted by molar-refractivity contribution is -0.122. The molecular formula is C22H23ClN2O4. The molecule has 1 saturated heterocycles. The summed E-state index contributed by atoms with van der Waals surface area (Å²) in [6.07, 6.45) is 1.90. The fourth-order valence-corrected chi connectivity index (χ4v) is 3.35. The van der Waals surface area contributed by atoms with E-state index in [1.165, 1.54) is 0 Å². The van der Waals surface area contributed by atoms with Crippen molar-refractivity contribution >= 4 is 40.8 Å². The zero-order valence-corrected chi connectivity index (χ0v) is 16.9. The van der Waals surface area contributed by atoms with E-state index >= 15 is 0 Å². The van der Waals surface area contributed by atoms with Gasteiger partial charge in [-0.15, -0.1) is 0 Å². The molecular weight excluding hydrogens is 392 g/mol. The Bertz CT molecular complexity index is 898. The third-order valence-corrected chi connectivity index (χ3v) is 5.08. The highest BCUT2D eigenvalue weighted by Gasteiger charge is 2.35. The van der Waals surface area contributed by atoms with Gasteiger partial charge in [-0.3, -0.25) is 9.59 Å². The predicted molar refractivity (Wildman–Crippen MR) is 112 cm³/mol. The van der Waals surface area contributed by atoms with E-state index in [2.05, 4.69) is 5.32 Å². The molecule has 2 aromatic rings. The molecule has 1 heterocycles. The predicted octanol–water partition coefficient (Wildman–Crippen LogP) is 4.29. The van der Waals surface area contributed by atoms with Crippen LogP contribution in [-0.4, -0.2) is 30.9 Å². The van der Waals surface area contributed by atoms with Crippen molar-refractivity contribution in [2.24, 2.45) is 5.92 Å². The Kier molecular flexibility index (Phi) is 6.88. The molecule has 0 radical (unpaired) electrons. The van der Waals surface area contributed by atoms with E-state index in [4.69, 9.17) is 16.3 Å². The van der Waals surface area contributed by atoms with E-state index in [9.17, 15) is 14.4 Å². The monoisotopic (exact) mass is 414 g/mol. The number of nitrogens with zero attached hydrogens (tertiary/aromatic N) is 1. The lowest BCUT2D eigenvalue weighted by Crippen LogP contribution is -2.28. The number of rotatable bonds is 7. The molecule has 0 aromatic heterocycles. The minimum Gasteiger partial charge on any atom is -0.462 e. The minimum absolute atomic E-state index is 0.124. The van der Waals surface area contributed by atoms with E-state index in [1.54, 1.807) is 53.4 Å². The molecule has 7 heteroatoms. The molecule has 2 amide bonds. The molecule has 2 aromatic carbocycles. The lowest BCUT2D eigenvalue weighted by atomic mass is 10.1. The smallest absolute Gasteiger partial charge is 0.338 e. The van der Waals surface area contributed by atoms with Crippen LogP contribution >= 0.6 is 11.6 Å². The first-order chi connectivity index (χ1) is 14.0. The van der Waals surface area contributed by atoms with Gasteiger partial charge in [0.2, 0.25) is 11.8 Å². The first-order valence-electron chi connectivity index (χ1n) is 9.62. The van der Waals surface area contributed by atoms with Crippen molar-refractivity contribution < 1.29 is 19.1 Å². The number of carbonyl (C=O) groups is 3. The second kappa shape index (κ2) is 9.56. The molecule has 0 bridgehead atoms. The topological polar surface area (TPSA) is 75.7 Å². The van der Waals surface area contributed by atoms with Gasteiger partial charge in [-0.2, -0.15) is 0 Å². The number of ether oxygens (including phenoxy) is 1. The van der Waals surface area contributed by atoms with Gasteiger partial charge < -0.3 is 15.0 Å². The maximum Gasteiger partial charge on any atom is 0.338 e. The van der Waals surface area contributed by atoms with E-state index in [0.717, 1.165) is 12.8 Å². The largest absolute Gasteiger partial charge is 0.462 e. The average molecular weight is 415 g/mol. The Morgan fingerprint density at radius 1 is 1.17 bits per heavy atom. The van der Waals surface area contributed by atoms with Gasteiger partial charge in [0.15, 0.2) is 0 Å². The number of benzene rings is 2. The molecule has 1 fully saturated rings. The van der Waals surface area contributed by atoms with Crippen LogP contribution in [-0.2, 0) is 14.3 Å². The van der Waals surface area contributed by atoms with Crippen LogP contribution in [0.1, 0.15) is 36.5 Å². The lowest BCUT2D eigenvalue weighted by Gasteiger charge is -2.18. The SMILES string of the molecule is CCCCOC(=O)c1ccc(NC(=O)[C@@H]2CC(=O)N(c3ccccc3Cl)C2)cc1. The minimum atomic E-state index is -0.475. The highest BCUT2D eigenvalue weighted by Crippen LogP contribution is 2.31. The second-order valence-electron chi connectivity index (χ2n) is 6.91. The third kappa shape index (κ3) is 5.15. The van der Waals surface area contributed by atoms with Gasteiger partial charge in [-0.1, -0.05) is 37.1 Å². The quantitative estimate of drug-likeness (QED) is 0.541. The Balaban J connectivity index is 1.58. The maximum absolute atomic E-state index is 12.6. The van der Waals surface area contributed by atoms with Crippen LogP contribution in [0.5, 0.6) is 0 Å². The molecule has 1 atom stereocenters. The van der Waals surface area contributed by atoms with Crippen molar-refractivity contribution in [3.05, 3.63) is 59.1 Å². The Morgan fingerprint density at radius 3 is 2.59 bits per heavy atom. The zero-order valence-electron chi connectivity index (χ0n) is 16.2. The summed E-state index contributed by atoms with van der Waals surface area (Å²) in [6, 6.07) is 13.6. The highest BCUT2D eigenvalue weighted by atomic mass is 35.5. The summed E-state index contributed by atoms with van der Waals surface area (Å²) in [5, 5.41) is 3.28. The standard InChI is InChI=1S/C22H23ClN2O4/c1-2-3-12-29-22(28)15-8-10-17(11-9-15)24-21(27)16-13-20(26)25(14-16)19-7-5-4-6-18(19)23/h4-11,16H,2-3,12-14H2,1H3,(H,24,27)/t16-/m1/s1. The Labute approximate surface area is 174 Å². The fourth-order valence-electron chi connectivity index (χ4n) is 3.11. The zero-order chi connectivity index (χ0) is 20.8. The number of halogens is 1. The van der Waals surface area contributed by atoms with Crippen molar-refractivity contribution in [2.45, 2.75) is 26.2 Å². The van der Waals surface area contributed by atoms with Crippen LogP contribution in [0.4, 0.5) is 11.4 Å². The molecule has 0 spiro atoms. The van der Waals surface area contributed by atoms with E-state index in [1.807, 2.05) is 6.92 Å². The molecule has 152 valence electrons. The van der Waals surface area contributed by atoms with Crippen molar-refractivity contribution in [3.63, 3.8) is 0 Å². The molecule has 6 nitrogen and oxygen atoms in total. The van der Waals surface area contributed by atoms with Crippen molar-refractivity contribution in [1.82, 2.24) is 0 Å². The van der Waals surface area contributed by atoms with Crippen molar-refractivity contribution in [1.29, 1.82) is 0 Å². The van der Waals surface area contributed by atoms with E-state index in [-0.39, 0.29) is 30.7 Å². The molecule has 1 aliphatic heterocycles. The van der Waals surface area contributed by atoms with E-state index < -0.39 is 5.92 Å². The number of anilines is 2.